The first-order valence-electron chi connectivity index (χ1n) is 13.5. The van der Waals surface area contributed by atoms with E-state index < -0.39 is 11.5 Å². The average Bonchev–Trinajstić information content (AvgIpc) is 2.97. The highest BCUT2D eigenvalue weighted by atomic mass is 35.5. The number of carbonyl (C=O) groups excluding carboxylic acids is 2. The minimum Gasteiger partial charge on any atom is -0.487 e. The maximum atomic E-state index is 13.8. The highest BCUT2D eigenvalue weighted by molar-refractivity contribution is 6.30. The molecule has 0 bridgehead atoms. The predicted octanol–water partition coefficient (Wildman–Crippen LogP) is 5.19. The molecule has 0 atom stereocenters. The first kappa shape index (κ1) is 27.4. The molecule has 2 amide bonds. The lowest BCUT2D eigenvalue weighted by atomic mass is 9.97. The largest absolute Gasteiger partial charge is 0.487 e. The van der Waals surface area contributed by atoms with Crippen LogP contribution in [0.3, 0.4) is 0 Å². The predicted molar refractivity (Wildman–Crippen MR) is 156 cm³/mol. The Hall–Kier alpha value is -4.17. The summed E-state index contributed by atoms with van der Waals surface area (Å²) in [6.45, 7) is 5.52. The van der Waals surface area contributed by atoms with Gasteiger partial charge in [-0.05, 0) is 47.7 Å². The van der Waals surface area contributed by atoms with Crippen molar-refractivity contribution in [3.63, 3.8) is 0 Å². The van der Waals surface area contributed by atoms with Gasteiger partial charge < -0.3 is 15.0 Å². The van der Waals surface area contributed by atoms with Crippen molar-refractivity contribution in [3.8, 4) is 16.9 Å². The summed E-state index contributed by atoms with van der Waals surface area (Å²) in [6, 6.07) is 16.5. The molecule has 0 unspecified atom stereocenters. The number of nitrogens with zero attached hydrogens (tertiary/aromatic N) is 3. The first-order chi connectivity index (χ1) is 19.4. The molecule has 1 aliphatic rings. The molecule has 206 valence electrons. The zero-order valence-corrected chi connectivity index (χ0v) is 23.3. The summed E-state index contributed by atoms with van der Waals surface area (Å²) < 4.78 is 7.47. The number of pyridine rings is 2. The van der Waals surface area contributed by atoms with E-state index in [2.05, 4.69) is 10.3 Å². The molecule has 0 aliphatic carbocycles. The number of aromatic nitrogens is 2. The van der Waals surface area contributed by atoms with E-state index in [0.717, 1.165) is 35.1 Å². The molecule has 3 heterocycles. The quantitative estimate of drug-likeness (QED) is 0.305. The van der Waals surface area contributed by atoms with Gasteiger partial charge in [0.2, 0.25) is 5.91 Å². The van der Waals surface area contributed by atoms with E-state index in [9.17, 15) is 14.4 Å². The number of rotatable bonds is 9. The van der Waals surface area contributed by atoms with Crippen LogP contribution < -0.4 is 15.6 Å². The van der Waals surface area contributed by atoms with Gasteiger partial charge in [0.15, 0.2) is 0 Å². The van der Waals surface area contributed by atoms with Crippen molar-refractivity contribution in [1.29, 1.82) is 0 Å². The van der Waals surface area contributed by atoms with Crippen LogP contribution in [0.1, 0.15) is 48.2 Å². The second-order valence-corrected chi connectivity index (χ2v) is 10.3. The standard InChI is InChI=1S/C31H31ClN4O4/c1-3-13-35(14-4-2)27(37)18-36-29-24(28-26(17-33-29)23-8-6-5-7-21(23)19-40-28)15-25(31(36)39)30(38)34-16-20-9-11-22(32)12-10-20/h5-12,15,17H,3-4,13-14,16,18-19H2,1-2H3,(H,34,38). The second-order valence-electron chi connectivity index (χ2n) is 9.82. The number of carbonyl (C=O) groups is 2. The van der Waals surface area contributed by atoms with Crippen molar-refractivity contribution in [1.82, 2.24) is 19.8 Å². The summed E-state index contributed by atoms with van der Waals surface area (Å²) in [5, 5.41) is 3.93. The summed E-state index contributed by atoms with van der Waals surface area (Å²) in [7, 11) is 0. The smallest absolute Gasteiger partial charge is 0.265 e. The fourth-order valence-electron chi connectivity index (χ4n) is 5.03. The van der Waals surface area contributed by atoms with Crippen molar-refractivity contribution in [2.75, 3.05) is 13.1 Å². The Bertz CT molecular complexity index is 1630. The third kappa shape index (κ3) is 5.45. The van der Waals surface area contributed by atoms with Crippen LogP contribution in [0.25, 0.3) is 22.2 Å². The number of fused-ring (bicyclic) bond motifs is 5. The molecule has 9 heteroatoms. The van der Waals surface area contributed by atoms with Gasteiger partial charge in [-0.15, -0.1) is 0 Å². The molecule has 0 saturated carbocycles. The van der Waals surface area contributed by atoms with Crippen LogP contribution >= 0.6 is 11.6 Å². The van der Waals surface area contributed by atoms with E-state index in [1.54, 1.807) is 23.2 Å². The summed E-state index contributed by atoms with van der Waals surface area (Å²) in [6.07, 6.45) is 3.27. The number of hydrogen-bond donors (Lipinski definition) is 1. The van der Waals surface area contributed by atoms with E-state index in [1.165, 1.54) is 10.6 Å². The molecule has 0 saturated heterocycles. The van der Waals surface area contributed by atoms with Gasteiger partial charge in [-0.25, -0.2) is 4.98 Å². The van der Waals surface area contributed by atoms with Gasteiger partial charge in [-0.1, -0.05) is 61.8 Å². The van der Waals surface area contributed by atoms with Crippen molar-refractivity contribution in [2.45, 2.75) is 46.4 Å². The van der Waals surface area contributed by atoms with Crippen molar-refractivity contribution >= 4 is 34.4 Å². The minimum atomic E-state index is -0.578. The molecule has 1 N–H and O–H groups in total. The van der Waals surface area contributed by atoms with E-state index in [0.29, 0.717) is 41.5 Å². The fourth-order valence-corrected chi connectivity index (χ4v) is 5.15. The Morgan fingerprint density at radius 2 is 1.77 bits per heavy atom. The normalized spacial score (nSPS) is 11.9. The van der Waals surface area contributed by atoms with Gasteiger partial charge in [0, 0.05) is 36.4 Å². The number of halogens is 1. The lowest BCUT2D eigenvalue weighted by molar-refractivity contribution is -0.131. The Labute approximate surface area is 237 Å². The fraction of sp³-hybridized carbons (Fsp3) is 0.290. The summed E-state index contributed by atoms with van der Waals surface area (Å²) >= 11 is 5.98. The molecule has 40 heavy (non-hydrogen) atoms. The molecular formula is C31H31ClN4O4. The van der Waals surface area contributed by atoms with Gasteiger partial charge in [0.05, 0.1) is 5.39 Å². The zero-order chi connectivity index (χ0) is 28.2. The Balaban J connectivity index is 1.60. The minimum absolute atomic E-state index is 0.0792. The van der Waals surface area contributed by atoms with Crippen LogP contribution in [0.5, 0.6) is 5.75 Å². The van der Waals surface area contributed by atoms with Gasteiger partial charge in [-0.3, -0.25) is 19.0 Å². The van der Waals surface area contributed by atoms with Crippen LogP contribution in [0, 0.1) is 0 Å². The number of amides is 2. The molecular weight excluding hydrogens is 528 g/mol. The van der Waals surface area contributed by atoms with E-state index in [1.807, 2.05) is 50.2 Å². The Morgan fingerprint density at radius 1 is 1.05 bits per heavy atom. The van der Waals surface area contributed by atoms with Crippen LogP contribution in [-0.2, 0) is 24.5 Å². The first-order valence-corrected chi connectivity index (χ1v) is 13.9. The second kappa shape index (κ2) is 11.9. The maximum absolute atomic E-state index is 13.8. The molecule has 8 nitrogen and oxygen atoms in total. The lowest BCUT2D eigenvalue weighted by Crippen LogP contribution is -2.40. The van der Waals surface area contributed by atoms with E-state index in [4.69, 9.17) is 16.3 Å². The van der Waals surface area contributed by atoms with Gasteiger partial charge >= 0.3 is 0 Å². The highest BCUT2D eigenvalue weighted by Crippen LogP contribution is 2.41. The number of ether oxygens (including phenoxy) is 1. The lowest BCUT2D eigenvalue weighted by Gasteiger charge is -2.24. The maximum Gasteiger partial charge on any atom is 0.265 e. The highest BCUT2D eigenvalue weighted by Gasteiger charge is 2.26. The summed E-state index contributed by atoms with van der Waals surface area (Å²) in [4.78, 5) is 46.9. The van der Waals surface area contributed by atoms with Crippen LogP contribution in [-0.4, -0.2) is 39.4 Å². The molecule has 4 aromatic rings. The van der Waals surface area contributed by atoms with Crippen molar-refractivity contribution in [3.05, 3.63) is 92.9 Å². The number of nitrogens with one attached hydrogen (secondary N) is 1. The number of benzene rings is 2. The van der Waals surface area contributed by atoms with Crippen LogP contribution in [0.2, 0.25) is 5.02 Å². The Kier molecular flexibility index (Phi) is 8.16. The Morgan fingerprint density at radius 3 is 2.50 bits per heavy atom. The SMILES string of the molecule is CCCN(CCC)C(=O)Cn1c(=O)c(C(=O)NCc2ccc(Cl)cc2)cc2c3c(cnc21)-c1ccccc1CO3. The molecule has 0 fully saturated rings. The monoisotopic (exact) mass is 558 g/mol. The summed E-state index contributed by atoms with van der Waals surface area (Å²) in [5.74, 6) is -0.205. The molecule has 5 rings (SSSR count). The molecule has 2 aromatic carbocycles. The molecule has 0 radical (unpaired) electrons. The average molecular weight is 559 g/mol. The molecule has 0 spiro atoms. The van der Waals surface area contributed by atoms with Crippen LogP contribution in [0.4, 0.5) is 0 Å². The molecule has 1 aliphatic heterocycles. The number of hydrogen-bond acceptors (Lipinski definition) is 5. The third-order valence-electron chi connectivity index (χ3n) is 6.99. The van der Waals surface area contributed by atoms with E-state index >= 15 is 0 Å². The third-order valence-corrected chi connectivity index (χ3v) is 7.24. The van der Waals surface area contributed by atoms with Crippen molar-refractivity contribution < 1.29 is 14.3 Å². The van der Waals surface area contributed by atoms with Crippen LogP contribution in [0.15, 0.2) is 65.6 Å². The van der Waals surface area contributed by atoms with Crippen molar-refractivity contribution in [2.24, 2.45) is 0 Å². The van der Waals surface area contributed by atoms with E-state index in [-0.39, 0.29) is 24.6 Å². The van der Waals surface area contributed by atoms with Gasteiger partial charge in [0.25, 0.3) is 11.5 Å². The molecule has 2 aromatic heterocycles. The zero-order valence-electron chi connectivity index (χ0n) is 22.6. The van der Waals surface area contributed by atoms with Gasteiger partial charge in [-0.2, -0.15) is 0 Å². The summed E-state index contributed by atoms with van der Waals surface area (Å²) in [5.41, 5.74) is 3.27. The topological polar surface area (TPSA) is 93.5 Å². The van der Waals surface area contributed by atoms with Gasteiger partial charge in [0.1, 0.15) is 30.1 Å².